The number of nitrogens with zero attached hydrogens (tertiary/aromatic N) is 2. The van der Waals surface area contributed by atoms with Crippen LogP contribution in [0.15, 0.2) is 0 Å². The van der Waals surface area contributed by atoms with Gasteiger partial charge in [-0.1, -0.05) is 0 Å². The molecule has 2 aliphatic heterocycles. The number of morpholine rings is 1. The molecular weight excluding hydrogens is 270 g/mol. The fourth-order valence-corrected chi connectivity index (χ4v) is 2.84. The van der Waals surface area contributed by atoms with Crippen LogP contribution >= 0.6 is 0 Å². The van der Waals surface area contributed by atoms with E-state index in [0.29, 0.717) is 19.5 Å². The molecule has 2 saturated heterocycles. The zero-order chi connectivity index (χ0) is 15.5. The molecule has 0 radical (unpaired) electrons. The molecule has 1 N–H and O–H groups in total. The minimum absolute atomic E-state index is 0.00311. The molecule has 2 heterocycles. The van der Waals surface area contributed by atoms with Crippen LogP contribution in [0, 0.1) is 5.92 Å². The molecule has 1 atom stereocenters. The summed E-state index contributed by atoms with van der Waals surface area (Å²) < 4.78 is 5.29. The van der Waals surface area contributed by atoms with Gasteiger partial charge in [0.1, 0.15) is 0 Å². The molecule has 2 fully saturated rings. The number of carbonyl (C=O) groups is 2. The van der Waals surface area contributed by atoms with Crippen LogP contribution in [0.5, 0.6) is 0 Å². The number of nitrogens with one attached hydrogen (secondary N) is 1. The Kier molecular flexibility index (Phi) is 5.22. The summed E-state index contributed by atoms with van der Waals surface area (Å²) >= 11 is 0. The monoisotopic (exact) mass is 297 g/mol. The number of rotatable bonds is 4. The summed E-state index contributed by atoms with van der Waals surface area (Å²) in [6.45, 7) is 11.4. The maximum atomic E-state index is 12.2. The Bertz CT molecular complexity index is 386. The van der Waals surface area contributed by atoms with Crippen molar-refractivity contribution in [3.63, 3.8) is 0 Å². The second-order valence-corrected chi connectivity index (χ2v) is 6.82. The van der Waals surface area contributed by atoms with E-state index in [1.165, 1.54) is 0 Å². The van der Waals surface area contributed by atoms with E-state index in [1.807, 2.05) is 20.8 Å². The lowest BCUT2D eigenvalue weighted by Crippen LogP contribution is -2.44. The summed E-state index contributed by atoms with van der Waals surface area (Å²) in [6.07, 6.45) is 0.334. The quantitative estimate of drug-likeness (QED) is 0.798. The van der Waals surface area contributed by atoms with Crippen molar-refractivity contribution in [1.82, 2.24) is 15.1 Å². The van der Waals surface area contributed by atoms with Crippen LogP contribution < -0.4 is 5.32 Å². The van der Waals surface area contributed by atoms with Gasteiger partial charge in [0, 0.05) is 44.7 Å². The highest BCUT2D eigenvalue weighted by Gasteiger charge is 2.39. The van der Waals surface area contributed by atoms with Crippen molar-refractivity contribution in [1.29, 1.82) is 0 Å². The van der Waals surface area contributed by atoms with Crippen LogP contribution in [0.3, 0.4) is 0 Å². The number of hydrogen-bond donors (Lipinski definition) is 1. The van der Waals surface area contributed by atoms with E-state index in [2.05, 4.69) is 10.2 Å². The van der Waals surface area contributed by atoms with Crippen molar-refractivity contribution < 1.29 is 14.3 Å². The fraction of sp³-hybridized carbons (Fsp3) is 0.867. The summed E-state index contributed by atoms with van der Waals surface area (Å²) in [5.74, 6) is -0.124. The normalized spacial score (nSPS) is 24.4. The molecule has 0 aliphatic carbocycles. The highest BCUT2D eigenvalue weighted by atomic mass is 16.5. The van der Waals surface area contributed by atoms with Gasteiger partial charge in [-0.15, -0.1) is 0 Å². The Morgan fingerprint density at radius 1 is 1.33 bits per heavy atom. The van der Waals surface area contributed by atoms with Crippen molar-refractivity contribution in [3.8, 4) is 0 Å². The average Bonchev–Trinajstić information content (AvgIpc) is 2.82. The van der Waals surface area contributed by atoms with Gasteiger partial charge < -0.3 is 15.0 Å². The summed E-state index contributed by atoms with van der Waals surface area (Å²) in [5, 5.41) is 2.96. The van der Waals surface area contributed by atoms with Crippen LogP contribution in [-0.4, -0.2) is 73.1 Å². The molecule has 0 bridgehead atoms. The molecular formula is C15H27N3O3. The zero-order valence-electron chi connectivity index (χ0n) is 13.4. The van der Waals surface area contributed by atoms with Crippen LogP contribution in [-0.2, 0) is 14.3 Å². The topological polar surface area (TPSA) is 61.9 Å². The first-order valence-electron chi connectivity index (χ1n) is 7.76. The summed E-state index contributed by atoms with van der Waals surface area (Å²) in [4.78, 5) is 28.2. The number of ether oxygens (including phenoxy) is 1. The molecule has 2 amide bonds. The molecule has 2 rings (SSSR count). The predicted octanol–water partition coefficient (Wildman–Crippen LogP) is 0.0818. The molecule has 0 aromatic rings. The number of hydrogen-bond acceptors (Lipinski definition) is 4. The van der Waals surface area contributed by atoms with Crippen LogP contribution in [0.25, 0.3) is 0 Å². The molecule has 0 aromatic heterocycles. The van der Waals surface area contributed by atoms with E-state index in [0.717, 1.165) is 32.8 Å². The van der Waals surface area contributed by atoms with Gasteiger partial charge in [-0.3, -0.25) is 14.5 Å². The third-order valence-corrected chi connectivity index (χ3v) is 4.14. The SMILES string of the molecule is CC(C)(C)N1C[C@@H](C(=O)NCCN2CCOCC2)CC1=O. The highest BCUT2D eigenvalue weighted by molar-refractivity contribution is 5.89. The number of amides is 2. The van der Waals surface area contributed by atoms with Crippen molar-refractivity contribution in [2.75, 3.05) is 45.9 Å². The third-order valence-electron chi connectivity index (χ3n) is 4.14. The Hall–Kier alpha value is -1.14. The average molecular weight is 297 g/mol. The molecule has 0 saturated carbocycles. The molecule has 0 aromatic carbocycles. The van der Waals surface area contributed by atoms with Crippen molar-refractivity contribution >= 4 is 11.8 Å². The Morgan fingerprint density at radius 2 is 2.00 bits per heavy atom. The lowest BCUT2D eigenvalue weighted by molar-refractivity contribution is -0.132. The molecule has 120 valence electrons. The van der Waals surface area contributed by atoms with Gasteiger partial charge in [0.2, 0.25) is 11.8 Å². The molecule has 0 spiro atoms. The lowest BCUT2D eigenvalue weighted by atomic mass is 10.1. The minimum Gasteiger partial charge on any atom is -0.379 e. The van der Waals surface area contributed by atoms with Crippen molar-refractivity contribution in [2.45, 2.75) is 32.7 Å². The van der Waals surface area contributed by atoms with Crippen LogP contribution in [0.2, 0.25) is 0 Å². The molecule has 2 aliphatic rings. The van der Waals surface area contributed by atoms with Crippen molar-refractivity contribution in [3.05, 3.63) is 0 Å². The van der Waals surface area contributed by atoms with E-state index >= 15 is 0 Å². The van der Waals surface area contributed by atoms with E-state index in [9.17, 15) is 9.59 Å². The third kappa shape index (κ3) is 4.41. The highest BCUT2D eigenvalue weighted by Crippen LogP contribution is 2.25. The first kappa shape index (κ1) is 16.2. The van der Waals surface area contributed by atoms with E-state index in [-0.39, 0.29) is 23.3 Å². The first-order valence-corrected chi connectivity index (χ1v) is 7.76. The maximum absolute atomic E-state index is 12.2. The molecule has 6 nitrogen and oxygen atoms in total. The Morgan fingerprint density at radius 3 is 2.57 bits per heavy atom. The van der Waals surface area contributed by atoms with E-state index in [1.54, 1.807) is 4.90 Å². The zero-order valence-corrected chi connectivity index (χ0v) is 13.4. The van der Waals surface area contributed by atoms with Gasteiger partial charge in [0.25, 0.3) is 0 Å². The van der Waals surface area contributed by atoms with E-state index in [4.69, 9.17) is 4.74 Å². The first-order chi connectivity index (χ1) is 9.88. The maximum Gasteiger partial charge on any atom is 0.225 e. The van der Waals surface area contributed by atoms with Gasteiger partial charge in [-0.05, 0) is 20.8 Å². The van der Waals surface area contributed by atoms with Gasteiger partial charge in [0.15, 0.2) is 0 Å². The van der Waals surface area contributed by atoms with Crippen LogP contribution in [0.4, 0.5) is 0 Å². The summed E-state index contributed by atoms with van der Waals surface area (Å²) in [7, 11) is 0. The second kappa shape index (κ2) is 6.75. The predicted molar refractivity (Wildman–Crippen MR) is 79.8 cm³/mol. The molecule has 0 unspecified atom stereocenters. The Balaban J connectivity index is 1.73. The van der Waals surface area contributed by atoms with Crippen molar-refractivity contribution in [2.24, 2.45) is 5.92 Å². The second-order valence-electron chi connectivity index (χ2n) is 6.82. The Labute approximate surface area is 126 Å². The van der Waals surface area contributed by atoms with Gasteiger partial charge in [-0.25, -0.2) is 0 Å². The number of likely N-dealkylation sites (tertiary alicyclic amines) is 1. The smallest absolute Gasteiger partial charge is 0.225 e. The van der Waals surface area contributed by atoms with Crippen LogP contribution in [0.1, 0.15) is 27.2 Å². The van der Waals surface area contributed by atoms with Gasteiger partial charge in [0.05, 0.1) is 19.1 Å². The summed E-state index contributed by atoms with van der Waals surface area (Å²) in [5.41, 5.74) is -0.208. The van der Waals surface area contributed by atoms with Gasteiger partial charge >= 0.3 is 0 Å². The molecule has 21 heavy (non-hydrogen) atoms. The standard InChI is InChI=1S/C15H27N3O3/c1-15(2,3)18-11-12(10-13(18)19)14(20)16-4-5-17-6-8-21-9-7-17/h12H,4-11H2,1-3H3,(H,16,20)/t12-/m0/s1. The molecule has 6 heteroatoms. The largest absolute Gasteiger partial charge is 0.379 e. The fourth-order valence-electron chi connectivity index (χ4n) is 2.84. The van der Waals surface area contributed by atoms with E-state index < -0.39 is 0 Å². The summed E-state index contributed by atoms with van der Waals surface area (Å²) in [6, 6.07) is 0. The lowest BCUT2D eigenvalue weighted by Gasteiger charge is -2.32. The minimum atomic E-state index is -0.208. The number of carbonyl (C=O) groups excluding carboxylic acids is 2. The van der Waals surface area contributed by atoms with Gasteiger partial charge in [-0.2, -0.15) is 0 Å².